The van der Waals surface area contributed by atoms with E-state index in [4.69, 9.17) is 4.74 Å². The molecule has 1 aliphatic heterocycles. The first-order valence-electron chi connectivity index (χ1n) is 15.5. The minimum atomic E-state index is -2.43. The molecule has 0 unspecified atom stereocenters. The number of allylic oxidation sites excluding steroid dienone is 5. The fraction of sp³-hybridized carbons (Fsp3) is 0.0930. The molecule has 0 aliphatic carbocycles. The van der Waals surface area contributed by atoms with Gasteiger partial charge >= 0.3 is 285 Å². The molecular weight excluding hydrogens is 754 g/mol. The molecule has 0 radical (unpaired) electrons. The third-order valence-electron chi connectivity index (χ3n) is 8.34. The summed E-state index contributed by atoms with van der Waals surface area (Å²) in [4.78, 5) is 0. The second kappa shape index (κ2) is 14.9. The number of hydrogen-bond donors (Lipinski definition) is 0. The predicted octanol–water partition coefficient (Wildman–Crippen LogP) is 8.88. The maximum absolute atomic E-state index is 5.95. The van der Waals surface area contributed by atoms with Crippen LogP contribution in [-0.2, 0) is 22.7 Å². The molecule has 0 spiro atoms. The zero-order valence-corrected chi connectivity index (χ0v) is 29.5. The van der Waals surface area contributed by atoms with Gasteiger partial charge in [0.1, 0.15) is 0 Å². The first kappa shape index (κ1) is 31.7. The monoisotopic (exact) mass is 790 g/mol. The zero-order chi connectivity index (χ0) is 31.8. The van der Waals surface area contributed by atoms with E-state index in [1.807, 2.05) is 0 Å². The second-order valence-corrected chi connectivity index (χ2v) is 15.0. The average Bonchev–Trinajstić information content (AvgIpc) is 3.58. The van der Waals surface area contributed by atoms with Gasteiger partial charge in [-0.1, -0.05) is 0 Å². The van der Waals surface area contributed by atoms with Gasteiger partial charge in [0, 0.05) is 0 Å². The quantitative estimate of drug-likeness (QED) is 0.124. The zero-order valence-electron chi connectivity index (χ0n) is 26.1. The van der Waals surface area contributed by atoms with E-state index in [9.17, 15) is 0 Å². The van der Waals surface area contributed by atoms with E-state index >= 15 is 0 Å². The van der Waals surface area contributed by atoms with E-state index in [2.05, 4.69) is 182 Å². The fourth-order valence-corrected chi connectivity index (χ4v) is 11.9. The van der Waals surface area contributed by atoms with Crippen molar-refractivity contribution in [1.29, 1.82) is 0 Å². The summed E-state index contributed by atoms with van der Waals surface area (Å²) >= 11 is 1.79. The molecule has 3 heteroatoms. The van der Waals surface area contributed by atoms with Crippen LogP contribution in [0.3, 0.4) is 0 Å². The van der Waals surface area contributed by atoms with Gasteiger partial charge < -0.3 is 0 Å². The van der Waals surface area contributed by atoms with Crippen molar-refractivity contribution in [3.63, 3.8) is 0 Å². The number of benzene rings is 5. The van der Waals surface area contributed by atoms with Crippen molar-refractivity contribution < 1.29 is 22.7 Å². The third-order valence-corrected chi connectivity index (χ3v) is 13.7. The summed E-state index contributed by atoms with van der Waals surface area (Å²) in [5.74, 6) is 7.39. The Kier molecular flexibility index (Phi) is 10.2. The van der Waals surface area contributed by atoms with Crippen molar-refractivity contribution >= 4 is 40.0 Å². The summed E-state index contributed by atoms with van der Waals surface area (Å²) in [5, 5.41) is 7.30. The molecule has 1 saturated heterocycles. The third kappa shape index (κ3) is 6.22. The molecule has 1 aliphatic rings. The van der Waals surface area contributed by atoms with E-state index in [0.29, 0.717) is 13.2 Å². The fourth-order valence-electron chi connectivity index (χ4n) is 6.17. The van der Waals surface area contributed by atoms with Crippen LogP contribution in [0.2, 0.25) is 0 Å². The van der Waals surface area contributed by atoms with E-state index < -0.39 is 7.26 Å². The second-order valence-electron chi connectivity index (χ2n) is 11.0. The molecule has 5 aromatic rings. The van der Waals surface area contributed by atoms with E-state index in [1.165, 1.54) is 38.0 Å². The summed E-state index contributed by atoms with van der Waals surface area (Å²) in [6.07, 6.45) is 8.67. The number of rotatable bonds is 6. The Balaban J connectivity index is 1.73. The van der Waals surface area contributed by atoms with Crippen molar-refractivity contribution in [2.45, 2.75) is 13.8 Å². The molecule has 6 rings (SSSR count). The van der Waals surface area contributed by atoms with Gasteiger partial charge in [-0.2, -0.15) is 0 Å². The van der Waals surface area contributed by atoms with Gasteiger partial charge in [-0.25, -0.2) is 0 Å². The van der Waals surface area contributed by atoms with Crippen LogP contribution in [0.5, 0.6) is 0 Å². The molecule has 46 heavy (non-hydrogen) atoms. The van der Waals surface area contributed by atoms with E-state index in [-0.39, 0.29) is 0 Å². The standard InChI is InChI=1S/C43H35OP.Os/c1-4-17-35-26-27-36(43-25-16-15-24-42(35)43)28-29-37(30-38-32-44-31-34(38)5-2)33(3)45(39-18-9-6-10-19-39,40-20-11-7-12-21-40)41-22-13-8-14-23-41;/h4-27,30H,31-32H2,1-2H3;/q+1;/b17-4+,34-5?,37-33?,38-30?;. The SMILES string of the molecule is CC=C1COCC1=CC(C#Cc1ccc(/C=C/C)c2ccccc12)=C([C]#[Os])[P+](c1ccccc1)(c1ccccc1)c1ccccc1. The molecule has 1 fully saturated rings. The van der Waals surface area contributed by atoms with Gasteiger partial charge in [0.2, 0.25) is 0 Å². The van der Waals surface area contributed by atoms with E-state index in [1.54, 1.807) is 17.9 Å². The van der Waals surface area contributed by atoms with Crippen molar-refractivity contribution in [2.24, 2.45) is 0 Å². The minimum absolute atomic E-state index is 0.568. The van der Waals surface area contributed by atoms with Crippen LogP contribution in [-0.4, -0.2) is 13.2 Å². The molecular formula is C43H35OOsP+. The van der Waals surface area contributed by atoms with Crippen LogP contribution in [0.15, 0.2) is 168 Å². The van der Waals surface area contributed by atoms with Gasteiger partial charge in [-0.05, 0) is 0 Å². The molecule has 0 atom stereocenters. The Hall–Kier alpha value is -4.31. The summed E-state index contributed by atoms with van der Waals surface area (Å²) in [5.41, 5.74) is 5.56. The predicted molar refractivity (Wildman–Crippen MR) is 194 cm³/mol. The summed E-state index contributed by atoms with van der Waals surface area (Å²) < 4.78 is 9.73. The first-order valence-corrected chi connectivity index (χ1v) is 18.5. The van der Waals surface area contributed by atoms with Crippen LogP contribution in [0.4, 0.5) is 0 Å². The molecule has 1 heterocycles. The Bertz CT molecular complexity index is 1990. The van der Waals surface area contributed by atoms with E-state index in [0.717, 1.165) is 21.8 Å². The normalized spacial score (nSPS) is 15.5. The van der Waals surface area contributed by atoms with Crippen LogP contribution < -0.4 is 15.9 Å². The van der Waals surface area contributed by atoms with Gasteiger partial charge in [0.05, 0.1) is 0 Å². The Labute approximate surface area is 283 Å². The molecule has 0 aromatic heterocycles. The van der Waals surface area contributed by atoms with Crippen LogP contribution in [0, 0.1) is 16.2 Å². The van der Waals surface area contributed by atoms with Crippen LogP contribution >= 0.6 is 7.26 Å². The van der Waals surface area contributed by atoms with Gasteiger partial charge in [-0.3, -0.25) is 0 Å². The van der Waals surface area contributed by atoms with Gasteiger partial charge in [-0.15, -0.1) is 0 Å². The number of fused-ring (bicyclic) bond motifs is 1. The Morgan fingerprint density at radius 3 is 1.76 bits per heavy atom. The molecule has 0 saturated carbocycles. The van der Waals surface area contributed by atoms with Crippen molar-refractivity contribution in [3.05, 3.63) is 179 Å². The van der Waals surface area contributed by atoms with Gasteiger partial charge in [0.25, 0.3) is 0 Å². The first-order chi connectivity index (χ1) is 22.7. The molecule has 0 amide bonds. The molecule has 5 aromatic carbocycles. The number of hydrogen-bond acceptors (Lipinski definition) is 1. The topological polar surface area (TPSA) is 9.23 Å². The van der Waals surface area contributed by atoms with Crippen LogP contribution in [0.1, 0.15) is 25.0 Å². The molecule has 0 bridgehead atoms. The van der Waals surface area contributed by atoms with Crippen molar-refractivity contribution in [2.75, 3.05) is 13.2 Å². The Morgan fingerprint density at radius 1 is 0.674 bits per heavy atom. The van der Waals surface area contributed by atoms with Gasteiger partial charge in [0.15, 0.2) is 0 Å². The maximum atomic E-state index is 5.95. The van der Waals surface area contributed by atoms with Crippen molar-refractivity contribution in [3.8, 4) is 16.2 Å². The van der Waals surface area contributed by atoms with Crippen molar-refractivity contribution in [1.82, 2.24) is 0 Å². The average molecular weight is 789 g/mol. The van der Waals surface area contributed by atoms with Crippen LogP contribution in [0.25, 0.3) is 16.8 Å². The molecule has 225 valence electrons. The Morgan fingerprint density at radius 2 is 1.22 bits per heavy atom. The molecule has 0 N–H and O–H groups in total. The number of ether oxygens (including phenoxy) is 1. The summed E-state index contributed by atoms with van der Waals surface area (Å²) in [6.45, 7) is 5.33. The summed E-state index contributed by atoms with van der Waals surface area (Å²) in [6, 6.07) is 45.7. The summed E-state index contributed by atoms with van der Waals surface area (Å²) in [7, 11) is -2.43. The molecule has 1 nitrogen and oxygen atoms in total.